The predicted molar refractivity (Wildman–Crippen MR) is 69.0 cm³/mol. The van der Waals surface area contributed by atoms with Crippen molar-refractivity contribution in [3.63, 3.8) is 0 Å². The van der Waals surface area contributed by atoms with Gasteiger partial charge in [0, 0.05) is 12.8 Å². The number of carboxylic acids is 1. The number of aliphatic carboxylic acids is 1. The van der Waals surface area contributed by atoms with Gasteiger partial charge in [-0.3, -0.25) is 4.79 Å². The van der Waals surface area contributed by atoms with E-state index in [4.69, 9.17) is 9.47 Å². The van der Waals surface area contributed by atoms with Crippen LogP contribution in [0.2, 0.25) is 0 Å². The fraction of sp³-hybridized carbons (Fsp3) is 0.533. The lowest BCUT2D eigenvalue weighted by molar-refractivity contribution is -0.188. The van der Waals surface area contributed by atoms with Gasteiger partial charge in [-0.05, 0) is 32.3 Å². The fourth-order valence-electron chi connectivity index (χ4n) is 2.61. The van der Waals surface area contributed by atoms with Gasteiger partial charge in [0.1, 0.15) is 0 Å². The third kappa shape index (κ3) is 1.86. The second-order valence-corrected chi connectivity index (χ2v) is 5.66. The van der Waals surface area contributed by atoms with Crippen LogP contribution in [-0.4, -0.2) is 16.9 Å². The zero-order valence-corrected chi connectivity index (χ0v) is 11.1. The second kappa shape index (κ2) is 3.89. The largest absolute Gasteiger partial charge is 0.481 e. The van der Waals surface area contributed by atoms with Gasteiger partial charge in [-0.1, -0.05) is 18.2 Å². The molecule has 2 saturated carbocycles. The summed E-state index contributed by atoms with van der Waals surface area (Å²) in [5.74, 6) is -0.0453. The molecule has 0 aromatic carbocycles. The van der Waals surface area contributed by atoms with Gasteiger partial charge in [0.05, 0.1) is 5.41 Å². The summed E-state index contributed by atoms with van der Waals surface area (Å²) in [6, 6.07) is 0. The first-order chi connectivity index (χ1) is 8.97. The van der Waals surface area contributed by atoms with Crippen LogP contribution in [0.3, 0.4) is 0 Å². The molecule has 0 aromatic heterocycles. The molecule has 0 amide bonds. The van der Waals surface area contributed by atoms with Crippen LogP contribution in [-0.2, 0) is 14.3 Å². The van der Waals surface area contributed by atoms with Crippen LogP contribution in [0, 0.1) is 5.41 Å². The van der Waals surface area contributed by atoms with Crippen molar-refractivity contribution in [1.82, 2.24) is 0 Å². The van der Waals surface area contributed by atoms with Crippen molar-refractivity contribution in [2.75, 3.05) is 0 Å². The highest BCUT2D eigenvalue weighted by Crippen LogP contribution is 2.52. The van der Waals surface area contributed by atoms with E-state index in [0.29, 0.717) is 11.5 Å². The zero-order valence-electron chi connectivity index (χ0n) is 11.1. The summed E-state index contributed by atoms with van der Waals surface area (Å²) in [6.07, 6.45) is 7.94. The average Bonchev–Trinajstić information content (AvgIpc) is 3.05. The molecule has 0 bridgehead atoms. The van der Waals surface area contributed by atoms with Gasteiger partial charge in [-0.15, -0.1) is 0 Å². The smallest absolute Gasteiger partial charge is 0.313 e. The van der Waals surface area contributed by atoms with Crippen LogP contribution in [0.4, 0.5) is 0 Å². The number of rotatable bonds is 3. The summed E-state index contributed by atoms with van der Waals surface area (Å²) in [5.41, 5.74) is 0.213. The van der Waals surface area contributed by atoms with Crippen molar-refractivity contribution in [2.24, 2.45) is 5.41 Å². The minimum Gasteiger partial charge on any atom is -0.481 e. The molecule has 1 spiro atoms. The third-order valence-corrected chi connectivity index (χ3v) is 4.39. The van der Waals surface area contributed by atoms with Crippen LogP contribution in [0.25, 0.3) is 0 Å². The van der Waals surface area contributed by atoms with E-state index >= 15 is 0 Å². The Morgan fingerprint density at radius 1 is 1.32 bits per heavy atom. The summed E-state index contributed by atoms with van der Waals surface area (Å²) in [6.45, 7) is 5.70. The van der Waals surface area contributed by atoms with Gasteiger partial charge < -0.3 is 14.6 Å². The minimum atomic E-state index is -0.738. The lowest BCUT2D eigenvalue weighted by Crippen LogP contribution is -2.37. The van der Waals surface area contributed by atoms with E-state index in [1.807, 2.05) is 13.0 Å². The Labute approximate surface area is 112 Å². The molecular weight excluding hydrogens is 244 g/mol. The van der Waals surface area contributed by atoms with E-state index in [1.54, 1.807) is 6.08 Å². The molecule has 3 aliphatic rings. The molecule has 1 aliphatic heterocycles. The maximum absolute atomic E-state index is 11.2. The first-order valence-electron chi connectivity index (χ1n) is 6.67. The highest BCUT2D eigenvalue weighted by Gasteiger charge is 2.51. The van der Waals surface area contributed by atoms with Crippen molar-refractivity contribution in [1.29, 1.82) is 0 Å². The maximum atomic E-state index is 11.2. The Kier molecular flexibility index (Phi) is 2.52. The first kappa shape index (κ1) is 12.3. The molecule has 1 heterocycles. The van der Waals surface area contributed by atoms with Crippen LogP contribution in [0.1, 0.15) is 39.0 Å². The van der Waals surface area contributed by atoms with Crippen LogP contribution < -0.4 is 0 Å². The van der Waals surface area contributed by atoms with Gasteiger partial charge in [-0.2, -0.15) is 0 Å². The molecule has 4 heteroatoms. The number of allylic oxidation sites excluding steroid dienone is 2. The molecule has 0 radical (unpaired) electrons. The standard InChI is InChI=1S/C15H18O4/c1-10(14(8-9-14)13(16)17)4-5-12-11(2)18-15(19-12)6-3-7-15/h4-5H,2-3,6-9H2,1H3,(H,16,17)/b10-4+,12-5+. The summed E-state index contributed by atoms with van der Waals surface area (Å²) < 4.78 is 11.4. The van der Waals surface area contributed by atoms with Gasteiger partial charge in [0.25, 0.3) is 5.79 Å². The highest BCUT2D eigenvalue weighted by molar-refractivity contribution is 5.81. The number of carbonyl (C=O) groups is 1. The lowest BCUT2D eigenvalue weighted by Gasteiger charge is -2.34. The summed E-state index contributed by atoms with van der Waals surface area (Å²) in [7, 11) is 0. The topological polar surface area (TPSA) is 55.8 Å². The summed E-state index contributed by atoms with van der Waals surface area (Å²) in [4.78, 5) is 11.2. The van der Waals surface area contributed by atoms with Gasteiger partial charge in [0.2, 0.25) is 0 Å². The van der Waals surface area contributed by atoms with Crippen LogP contribution in [0.5, 0.6) is 0 Å². The monoisotopic (exact) mass is 262 g/mol. The Bertz CT molecular complexity index is 504. The van der Waals surface area contributed by atoms with E-state index in [-0.39, 0.29) is 0 Å². The molecule has 4 nitrogen and oxygen atoms in total. The van der Waals surface area contributed by atoms with Crippen molar-refractivity contribution in [3.05, 3.63) is 35.8 Å². The SMILES string of the molecule is C=C1OC2(CCC2)O/C1=C/C=C(\C)C1(C(=O)O)CC1. The molecule has 1 saturated heterocycles. The zero-order chi connectivity index (χ0) is 13.7. The van der Waals surface area contributed by atoms with Crippen molar-refractivity contribution < 1.29 is 19.4 Å². The Balaban J connectivity index is 1.76. The second-order valence-electron chi connectivity index (χ2n) is 5.66. The maximum Gasteiger partial charge on any atom is 0.313 e. The average molecular weight is 262 g/mol. The van der Waals surface area contributed by atoms with Gasteiger partial charge in [-0.25, -0.2) is 0 Å². The number of carboxylic acid groups (broad SMARTS) is 1. The number of hydrogen-bond donors (Lipinski definition) is 1. The van der Waals surface area contributed by atoms with Gasteiger partial charge >= 0.3 is 5.97 Å². The Hall–Kier alpha value is -1.71. The molecule has 2 aliphatic carbocycles. The molecule has 102 valence electrons. The number of hydrogen-bond acceptors (Lipinski definition) is 3. The van der Waals surface area contributed by atoms with E-state index in [1.165, 1.54) is 0 Å². The van der Waals surface area contributed by atoms with E-state index in [0.717, 1.165) is 37.7 Å². The number of ether oxygens (including phenoxy) is 2. The van der Waals surface area contributed by atoms with Crippen LogP contribution in [0.15, 0.2) is 35.8 Å². The molecule has 0 aromatic rings. The normalized spacial score (nSPS) is 28.8. The van der Waals surface area contributed by atoms with Crippen molar-refractivity contribution in [3.8, 4) is 0 Å². The summed E-state index contributed by atoms with van der Waals surface area (Å²) >= 11 is 0. The minimum absolute atomic E-state index is 0.477. The van der Waals surface area contributed by atoms with E-state index in [9.17, 15) is 9.90 Å². The summed E-state index contributed by atoms with van der Waals surface area (Å²) in [5, 5.41) is 9.21. The quantitative estimate of drug-likeness (QED) is 0.849. The third-order valence-electron chi connectivity index (χ3n) is 4.39. The lowest BCUT2D eigenvalue weighted by atomic mass is 9.91. The predicted octanol–water partition coefficient (Wildman–Crippen LogP) is 3.12. The van der Waals surface area contributed by atoms with Crippen LogP contribution >= 0.6 is 0 Å². The van der Waals surface area contributed by atoms with Crippen molar-refractivity contribution >= 4 is 5.97 Å². The Morgan fingerprint density at radius 3 is 2.42 bits per heavy atom. The van der Waals surface area contributed by atoms with E-state index < -0.39 is 17.2 Å². The Morgan fingerprint density at radius 2 is 2.00 bits per heavy atom. The first-order valence-corrected chi connectivity index (χ1v) is 6.67. The van der Waals surface area contributed by atoms with Crippen molar-refractivity contribution in [2.45, 2.75) is 44.8 Å². The van der Waals surface area contributed by atoms with Gasteiger partial charge in [0.15, 0.2) is 11.5 Å². The molecule has 3 rings (SSSR count). The fourth-order valence-corrected chi connectivity index (χ4v) is 2.61. The molecule has 3 fully saturated rings. The molecular formula is C15H18O4. The van der Waals surface area contributed by atoms with E-state index in [2.05, 4.69) is 6.58 Å². The highest BCUT2D eigenvalue weighted by atomic mass is 16.7. The molecule has 0 atom stereocenters. The molecule has 1 N–H and O–H groups in total. The molecule has 19 heavy (non-hydrogen) atoms. The molecule has 0 unspecified atom stereocenters.